The molecule has 2 nitrogen and oxygen atoms in total. The van der Waals surface area contributed by atoms with Crippen molar-refractivity contribution in [3.63, 3.8) is 0 Å². The molecule has 0 radical (unpaired) electrons. The lowest BCUT2D eigenvalue weighted by Gasteiger charge is -2.13. The second-order valence-electron chi connectivity index (χ2n) is 3.76. The highest BCUT2D eigenvalue weighted by Gasteiger charge is 2.16. The third-order valence-corrected chi connectivity index (χ3v) is 3.83. The van der Waals surface area contributed by atoms with Crippen molar-refractivity contribution in [2.24, 2.45) is 0 Å². The SMILES string of the molecule is Clc1ccc(Cl)c(CNC2CCOC2)c1Cl. The minimum atomic E-state index is 0.381. The van der Waals surface area contributed by atoms with Crippen molar-refractivity contribution in [2.45, 2.75) is 19.0 Å². The van der Waals surface area contributed by atoms with Gasteiger partial charge in [-0.15, -0.1) is 0 Å². The summed E-state index contributed by atoms with van der Waals surface area (Å²) in [4.78, 5) is 0. The first kappa shape index (κ1) is 12.5. The molecule has 1 N–H and O–H groups in total. The van der Waals surface area contributed by atoms with Gasteiger partial charge in [-0.05, 0) is 18.6 Å². The standard InChI is InChI=1S/C11H12Cl3NO/c12-9-1-2-10(13)11(14)8(9)5-15-7-3-4-16-6-7/h1-2,7,15H,3-6H2. The van der Waals surface area contributed by atoms with Crippen molar-refractivity contribution in [3.8, 4) is 0 Å². The molecule has 88 valence electrons. The summed E-state index contributed by atoms with van der Waals surface area (Å²) in [6.07, 6.45) is 1.02. The topological polar surface area (TPSA) is 21.3 Å². The summed E-state index contributed by atoms with van der Waals surface area (Å²) in [5, 5.41) is 5.06. The summed E-state index contributed by atoms with van der Waals surface area (Å²) >= 11 is 18.1. The van der Waals surface area contributed by atoms with Crippen molar-refractivity contribution in [1.29, 1.82) is 0 Å². The van der Waals surface area contributed by atoms with E-state index in [-0.39, 0.29) is 0 Å². The average Bonchev–Trinajstić information content (AvgIpc) is 2.77. The highest BCUT2D eigenvalue weighted by Crippen LogP contribution is 2.31. The molecule has 2 rings (SSSR count). The first-order chi connectivity index (χ1) is 7.68. The van der Waals surface area contributed by atoms with Crippen molar-refractivity contribution in [1.82, 2.24) is 5.32 Å². The molecule has 1 aromatic carbocycles. The Hall–Kier alpha value is 0.01000. The van der Waals surface area contributed by atoms with E-state index in [0.29, 0.717) is 27.7 Å². The Morgan fingerprint density at radius 3 is 2.69 bits per heavy atom. The predicted octanol–water partition coefficient (Wildman–Crippen LogP) is 3.53. The van der Waals surface area contributed by atoms with Crippen LogP contribution in [0.15, 0.2) is 12.1 Å². The second-order valence-corrected chi connectivity index (χ2v) is 4.96. The Labute approximate surface area is 110 Å². The van der Waals surface area contributed by atoms with Crippen molar-refractivity contribution in [3.05, 3.63) is 32.8 Å². The van der Waals surface area contributed by atoms with Crippen molar-refractivity contribution >= 4 is 34.8 Å². The van der Waals surface area contributed by atoms with Crippen molar-refractivity contribution < 1.29 is 4.74 Å². The molecule has 1 saturated heterocycles. The van der Waals surface area contributed by atoms with E-state index in [1.807, 2.05) is 0 Å². The minimum Gasteiger partial charge on any atom is -0.380 e. The lowest BCUT2D eigenvalue weighted by atomic mass is 10.2. The molecule has 1 unspecified atom stereocenters. The van der Waals surface area contributed by atoms with Gasteiger partial charge in [-0.25, -0.2) is 0 Å². The monoisotopic (exact) mass is 279 g/mol. The normalized spacial score (nSPS) is 20.3. The van der Waals surface area contributed by atoms with Gasteiger partial charge in [-0.3, -0.25) is 0 Å². The number of rotatable bonds is 3. The van der Waals surface area contributed by atoms with Gasteiger partial charge in [0.15, 0.2) is 0 Å². The van der Waals surface area contributed by atoms with E-state index in [0.717, 1.165) is 25.2 Å². The Balaban J connectivity index is 2.05. The largest absolute Gasteiger partial charge is 0.380 e. The molecule has 1 fully saturated rings. The number of nitrogens with one attached hydrogen (secondary N) is 1. The molecular weight excluding hydrogens is 268 g/mol. The van der Waals surface area contributed by atoms with E-state index in [2.05, 4.69) is 5.32 Å². The molecular formula is C11H12Cl3NO. The minimum absolute atomic E-state index is 0.381. The predicted molar refractivity (Wildman–Crippen MR) is 67.5 cm³/mol. The highest BCUT2D eigenvalue weighted by atomic mass is 35.5. The quantitative estimate of drug-likeness (QED) is 0.855. The molecule has 1 heterocycles. The van der Waals surface area contributed by atoms with Gasteiger partial charge in [0.2, 0.25) is 0 Å². The first-order valence-corrected chi connectivity index (χ1v) is 6.25. The van der Waals surface area contributed by atoms with Gasteiger partial charge in [0, 0.05) is 29.8 Å². The summed E-state index contributed by atoms with van der Waals surface area (Å²) in [6, 6.07) is 3.85. The maximum Gasteiger partial charge on any atom is 0.0652 e. The van der Waals surface area contributed by atoms with Crippen LogP contribution in [0.1, 0.15) is 12.0 Å². The van der Waals surface area contributed by atoms with Crippen LogP contribution in [0.2, 0.25) is 15.1 Å². The lowest BCUT2D eigenvalue weighted by molar-refractivity contribution is 0.190. The number of halogens is 3. The van der Waals surface area contributed by atoms with Crippen molar-refractivity contribution in [2.75, 3.05) is 13.2 Å². The van der Waals surface area contributed by atoms with E-state index in [1.165, 1.54) is 0 Å². The fourth-order valence-electron chi connectivity index (χ4n) is 1.67. The lowest BCUT2D eigenvalue weighted by Crippen LogP contribution is -2.28. The Bertz CT molecular complexity index is 378. The van der Waals surface area contributed by atoms with Gasteiger partial charge in [0.05, 0.1) is 16.7 Å². The number of ether oxygens (including phenoxy) is 1. The molecule has 0 aromatic heterocycles. The third-order valence-electron chi connectivity index (χ3n) is 2.64. The molecule has 5 heteroatoms. The number of benzene rings is 1. The highest BCUT2D eigenvalue weighted by molar-refractivity contribution is 6.44. The average molecular weight is 281 g/mol. The van der Waals surface area contributed by atoms with Crippen LogP contribution in [0, 0.1) is 0 Å². The first-order valence-electron chi connectivity index (χ1n) is 5.12. The van der Waals surface area contributed by atoms with Gasteiger partial charge < -0.3 is 10.1 Å². The molecule has 1 atom stereocenters. The molecule has 0 saturated carbocycles. The van der Waals surface area contributed by atoms with Crippen LogP contribution >= 0.6 is 34.8 Å². The van der Waals surface area contributed by atoms with Crippen LogP contribution in [-0.2, 0) is 11.3 Å². The van der Waals surface area contributed by atoms with E-state index in [9.17, 15) is 0 Å². The van der Waals surface area contributed by atoms with E-state index in [4.69, 9.17) is 39.5 Å². The van der Waals surface area contributed by atoms with Crippen LogP contribution in [0.3, 0.4) is 0 Å². The zero-order valence-corrected chi connectivity index (χ0v) is 10.9. The van der Waals surface area contributed by atoms with E-state index < -0.39 is 0 Å². The van der Waals surface area contributed by atoms with Gasteiger partial charge in [0.1, 0.15) is 0 Å². The van der Waals surface area contributed by atoms with Crippen LogP contribution in [0.25, 0.3) is 0 Å². The number of hydrogen-bond donors (Lipinski definition) is 1. The van der Waals surface area contributed by atoms with Gasteiger partial charge in [-0.1, -0.05) is 34.8 Å². The summed E-state index contributed by atoms with van der Waals surface area (Å²) < 4.78 is 5.28. The molecule has 0 aliphatic carbocycles. The molecule has 0 spiro atoms. The van der Waals surface area contributed by atoms with E-state index >= 15 is 0 Å². The summed E-state index contributed by atoms with van der Waals surface area (Å²) in [5.74, 6) is 0. The van der Waals surface area contributed by atoms with Crippen LogP contribution in [0.4, 0.5) is 0 Å². The molecule has 16 heavy (non-hydrogen) atoms. The zero-order valence-electron chi connectivity index (χ0n) is 8.60. The van der Waals surface area contributed by atoms with Crippen LogP contribution < -0.4 is 5.32 Å². The maximum absolute atomic E-state index is 6.10. The smallest absolute Gasteiger partial charge is 0.0652 e. The summed E-state index contributed by atoms with van der Waals surface area (Å²) in [5.41, 5.74) is 0.850. The second kappa shape index (κ2) is 5.56. The van der Waals surface area contributed by atoms with E-state index in [1.54, 1.807) is 12.1 Å². The fraction of sp³-hybridized carbons (Fsp3) is 0.455. The van der Waals surface area contributed by atoms with Gasteiger partial charge in [0.25, 0.3) is 0 Å². The summed E-state index contributed by atoms with van der Waals surface area (Å²) in [7, 11) is 0. The van der Waals surface area contributed by atoms with Gasteiger partial charge >= 0.3 is 0 Å². The fourth-order valence-corrected chi connectivity index (χ4v) is 2.35. The molecule has 0 bridgehead atoms. The molecule has 1 aromatic rings. The van der Waals surface area contributed by atoms with Crippen LogP contribution in [0.5, 0.6) is 0 Å². The van der Waals surface area contributed by atoms with Crippen LogP contribution in [-0.4, -0.2) is 19.3 Å². The van der Waals surface area contributed by atoms with Gasteiger partial charge in [-0.2, -0.15) is 0 Å². The molecule has 1 aliphatic heterocycles. The Morgan fingerprint density at radius 1 is 1.25 bits per heavy atom. The number of hydrogen-bond acceptors (Lipinski definition) is 2. The molecule has 1 aliphatic rings. The maximum atomic E-state index is 6.10. The molecule has 0 amide bonds. The Morgan fingerprint density at radius 2 is 2.00 bits per heavy atom. The third kappa shape index (κ3) is 2.82. The summed E-state index contributed by atoms with van der Waals surface area (Å²) in [6.45, 7) is 2.18. The zero-order chi connectivity index (χ0) is 11.5. The Kier molecular flexibility index (Phi) is 4.34.